The first-order chi connectivity index (χ1) is 8.85. The fourth-order valence-corrected chi connectivity index (χ4v) is 2.26. The standard InChI is InChI=1S/C14H13N3S/c1-18-13-4-2-11(3-5-13)17-12-8-10-6-7-15-14(10)16-9-12/h2-9,17H,1H3,(H,15,16). The lowest BCUT2D eigenvalue weighted by Gasteiger charge is -2.06. The highest BCUT2D eigenvalue weighted by Gasteiger charge is 1.99. The molecule has 0 fully saturated rings. The van der Waals surface area contributed by atoms with Gasteiger partial charge >= 0.3 is 0 Å². The average Bonchev–Trinajstić information content (AvgIpc) is 2.87. The summed E-state index contributed by atoms with van der Waals surface area (Å²) in [6, 6.07) is 12.5. The minimum atomic E-state index is 0.915. The molecule has 0 spiro atoms. The molecule has 0 bridgehead atoms. The molecule has 0 radical (unpaired) electrons. The van der Waals surface area contributed by atoms with Crippen molar-refractivity contribution in [1.82, 2.24) is 9.97 Å². The van der Waals surface area contributed by atoms with E-state index in [1.165, 1.54) is 4.90 Å². The van der Waals surface area contributed by atoms with Gasteiger partial charge in [0.25, 0.3) is 0 Å². The van der Waals surface area contributed by atoms with Crippen LogP contribution in [0.4, 0.5) is 11.4 Å². The molecule has 3 aromatic rings. The Bertz CT molecular complexity index is 658. The minimum absolute atomic E-state index is 0.915. The van der Waals surface area contributed by atoms with Crippen LogP contribution in [-0.4, -0.2) is 16.2 Å². The van der Waals surface area contributed by atoms with Crippen molar-refractivity contribution in [3.8, 4) is 0 Å². The lowest BCUT2D eigenvalue weighted by Crippen LogP contribution is -1.90. The van der Waals surface area contributed by atoms with E-state index >= 15 is 0 Å². The Morgan fingerprint density at radius 1 is 1.11 bits per heavy atom. The van der Waals surface area contributed by atoms with Crippen LogP contribution in [0.2, 0.25) is 0 Å². The van der Waals surface area contributed by atoms with Crippen molar-refractivity contribution < 1.29 is 0 Å². The van der Waals surface area contributed by atoms with Crippen LogP contribution in [-0.2, 0) is 0 Å². The van der Waals surface area contributed by atoms with Crippen LogP contribution in [0.5, 0.6) is 0 Å². The largest absolute Gasteiger partial charge is 0.354 e. The zero-order chi connectivity index (χ0) is 12.4. The van der Waals surface area contributed by atoms with E-state index < -0.39 is 0 Å². The zero-order valence-corrected chi connectivity index (χ0v) is 10.8. The predicted molar refractivity (Wildman–Crippen MR) is 77.6 cm³/mol. The molecule has 2 aromatic heterocycles. The third-order valence-corrected chi connectivity index (χ3v) is 3.52. The number of fused-ring (bicyclic) bond motifs is 1. The normalized spacial score (nSPS) is 10.7. The molecule has 3 rings (SSSR count). The molecule has 0 saturated carbocycles. The number of thioether (sulfide) groups is 1. The topological polar surface area (TPSA) is 40.7 Å². The third-order valence-electron chi connectivity index (χ3n) is 2.78. The molecule has 0 atom stereocenters. The van der Waals surface area contributed by atoms with E-state index in [9.17, 15) is 0 Å². The molecule has 2 N–H and O–H groups in total. The summed E-state index contributed by atoms with van der Waals surface area (Å²) in [7, 11) is 0. The highest BCUT2D eigenvalue weighted by Crippen LogP contribution is 2.22. The smallest absolute Gasteiger partial charge is 0.137 e. The van der Waals surface area contributed by atoms with E-state index in [2.05, 4.69) is 51.9 Å². The van der Waals surface area contributed by atoms with Gasteiger partial charge in [0.1, 0.15) is 5.65 Å². The Morgan fingerprint density at radius 3 is 2.72 bits per heavy atom. The molecule has 0 aliphatic rings. The van der Waals surface area contributed by atoms with Gasteiger partial charge in [-0.1, -0.05) is 0 Å². The van der Waals surface area contributed by atoms with E-state index in [-0.39, 0.29) is 0 Å². The van der Waals surface area contributed by atoms with Gasteiger partial charge in [0.05, 0.1) is 11.9 Å². The number of pyridine rings is 1. The molecule has 90 valence electrons. The van der Waals surface area contributed by atoms with Crippen LogP contribution in [0, 0.1) is 0 Å². The van der Waals surface area contributed by atoms with Crippen molar-refractivity contribution in [3.63, 3.8) is 0 Å². The molecule has 4 heteroatoms. The molecule has 0 saturated heterocycles. The van der Waals surface area contributed by atoms with Crippen molar-refractivity contribution in [3.05, 3.63) is 48.8 Å². The maximum atomic E-state index is 4.35. The van der Waals surface area contributed by atoms with Crippen molar-refractivity contribution in [1.29, 1.82) is 0 Å². The van der Waals surface area contributed by atoms with E-state index in [0.29, 0.717) is 0 Å². The van der Waals surface area contributed by atoms with Gasteiger partial charge in [-0.05, 0) is 42.7 Å². The molecule has 2 heterocycles. The van der Waals surface area contributed by atoms with Crippen LogP contribution in [0.15, 0.2) is 53.7 Å². The predicted octanol–water partition coefficient (Wildman–Crippen LogP) is 4.03. The van der Waals surface area contributed by atoms with Gasteiger partial charge in [-0.15, -0.1) is 11.8 Å². The number of anilines is 2. The second-order valence-corrected chi connectivity index (χ2v) is 4.87. The van der Waals surface area contributed by atoms with Gasteiger partial charge in [0, 0.05) is 22.2 Å². The molecule has 1 aromatic carbocycles. The Kier molecular flexibility index (Phi) is 2.94. The number of hydrogen-bond acceptors (Lipinski definition) is 3. The van der Waals surface area contributed by atoms with Crippen molar-refractivity contribution in [2.75, 3.05) is 11.6 Å². The van der Waals surface area contributed by atoms with Crippen LogP contribution < -0.4 is 5.32 Å². The van der Waals surface area contributed by atoms with Gasteiger partial charge in [-0.3, -0.25) is 0 Å². The summed E-state index contributed by atoms with van der Waals surface area (Å²) in [4.78, 5) is 8.70. The number of hydrogen-bond donors (Lipinski definition) is 2. The summed E-state index contributed by atoms with van der Waals surface area (Å²) >= 11 is 1.74. The Hall–Kier alpha value is -1.94. The Labute approximate surface area is 110 Å². The van der Waals surface area contributed by atoms with Crippen molar-refractivity contribution in [2.24, 2.45) is 0 Å². The van der Waals surface area contributed by atoms with E-state index in [1.54, 1.807) is 11.8 Å². The number of aromatic nitrogens is 2. The van der Waals surface area contributed by atoms with Crippen LogP contribution in [0.3, 0.4) is 0 Å². The highest BCUT2D eigenvalue weighted by molar-refractivity contribution is 7.98. The number of aromatic amines is 1. The summed E-state index contributed by atoms with van der Waals surface area (Å²) in [6.07, 6.45) is 5.81. The first kappa shape index (κ1) is 11.2. The van der Waals surface area contributed by atoms with Gasteiger partial charge in [-0.25, -0.2) is 4.98 Å². The second kappa shape index (κ2) is 4.74. The van der Waals surface area contributed by atoms with Crippen molar-refractivity contribution in [2.45, 2.75) is 4.90 Å². The number of H-pyrrole nitrogens is 1. The lowest BCUT2D eigenvalue weighted by molar-refractivity contribution is 1.32. The van der Waals surface area contributed by atoms with Gasteiger partial charge < -0.3 is 10.3 Å². The molecular weight excluding hydrogens is 242 g/mol. The summed E-state index contributed by atoms with van der Waals surface area (Å²) < 4.78 is 0. The van der Waals surface area contributed by atoms with Crippen LogP contribution >= 0.6 is 11.8 Å². The molecule has 0 aliphatic heterocycles. The first-order valence-corrected chi connectivity index (χ1v) is 6.92. The summed E-state index contributed by atoms with van der Waals surface area (Å²) in [5, 5.41) is 4.46. The molecule has 18 heavy (non-hydrogen) atoms. The zero-order valence-electron chi connectivity index (χ0n) is 9.97. The molecular formula is C14H13N3S. The Morgan fingerprint density at radius 2 is 1.94 bits per heavy atom. The van der Waals surface area contributed by atoms with Gasteiger partial charge in [0.2, 0.25) is 0 Å². The molecule has 3 nitrogen and oxygen atoms in total. The van der Waals surface area contributed by atoms with Crippen LogP contribution in [0.25, 0.3) is 11.0 Å². The SMILES string of the molecule is CSc1ccc(Nc2cnc3[nH]ccc3c2)cc1. The minimum Gasteiger partial charge on any atom is -0.354 e. The highest BCUT2D eigenvalue weighted by atomic mass is 32.2. The maximum Gasteiger partial charge on any atom is 0.137 e. The Balaban J connectivity index is 1.85. The number of nitrogens with zero attached hydrogens (tertiary/aromatic N) is 1. The monoisotopic (exact) mass is 255 g/mol. The second-order valence-electron chi connectivity index (χ2n) is 3.99. The lowest BCUT2D eigenvalue weighted by atomic mass is 10.3. The van der Waals surface area contributed by atoms with Gasteiger partial charge in [-0.2, -0.15) is 0 Å². The quantitative estimate of drug-likeness (QED) is 0.694. The summed E-state index contributed by atoms with van der Waals surface area (Å²) in [5.41, 5.74) is 2.99. The number of benzene rings is 1. The first-order valence-electron chi connectivity index (χ1n) is 5.69. The summed E-state index contributed by atoms with van der Waals surface area (Å²) in [5.74, 6) is 0. The van der Waals surface area contributed by atoms with Crippen molar-refractivity contribution >= 4 is 34.2 Å². The maximum absolute atomic E-state index is 4.35. The molecule has 0 amide bonds. The fourth-order valence-electron chi connectivity index (χ4n) is 1.85. The molecule has 0 aliphatic carbocycles. The summed E-state index contributed by atoms with van der Waals surface area (Å²) in [6.45, 7) is 0. The fraction of sp³-hybridized carbons (Fsp3) is 0.0714. The molecule has 0 unspecified atom stereocenters. The van der Waals surface area contributed by atoms with Gasteiger partial charge in [0.15, 0.2) is 0 Å². The van der Waals surface area contributed by atoms with E-state index in [1.807, 2.05) is 18.5 Å². The third kappa shape index (κ3) is 2.19. The van der Waals surface area contributed by atoms with E-state index in [4.69, 9.17) is 0 Å². The van der Waals surface area contributed by atoms with E-state index in [0.717, 1.165) is 22.4 Å². The average molecular weight is 255 g/mol. The number of rotatable bonds is 3. The van der Waals surface area contributed by atoms with Crippen LogP contribution in [0.1, 0.15) is 0 Å². The number of nitrogens with one attached hydrogen (secondary N) is 2.